The molecule has 1 aromatic carbocycles. The second-order valence-corrected chi connectivity index (χ2v) is 4.82. The Labute approximate surface area is 110 Å². The second kappa shape index (κ2) is 6.66. The summed E-state index contributed by atoms with van der Waals surface area (Å²) in [4.78, 5) is 0. The van der Waals surface area contributed by atoms with E-state index in [-0.39, 0.29) is 24.3 Å². The lowest BCUT2D eigenvalue weighted by molar-refractivity contribution is 0.439. The number of nitrogens with two attached hydrogens (primary N) is 1. The molecule has 2 N–H and O–H groups in total. The van der Waals surface area contributed by atoms with Gasteiger partial charge in [0.15, 0.2) is 0 Å². The number of benzene rings is 1. The van der Waals surface area contributed by atoms with Crippen LogP contribution in [0.5, 0.6) is 0 Å². The number of rotatable bonds is 3. The lowest BCUT2D eigenvalue weighted by atomic mass is 9.93. The molecule has 0 aromatic heterocycles. The van der Waals surface area contributed by atoms with E-state index in [4.69, 9.17) is 5.73 Å². The summed E-state index contributed by atoms with van der Waals surface area (Å²) in [6.45, 7) is 4.11. The molecule has 0 spiro atoms. The molecule has 0 aliphatic carbocycles. The largest absolute Gasteiger partial charge is 0.324 e. The van der Waals surface area contributed by atoms with Gasteiger partial charge in [-0.3, -0.25) is 0 Å². The predicted molar refractivity (Wildman–Crippen MR) is 72.7 cm³/mol. The summed E-state index contributed by atoms with van der Waals surface area (Å²) < 4.78 is 14.5. The van der Waals surface area contributed by atoms with Crippen molar-refractivity contribution in [2.24, 2.45) is 11.7 Å². The third-order valence-electron chi connectivity index (χ3n) is 2.57. The molecule has 0 amide bonds. The Morgan fingerprint density at radius 2 is 2.07 bits per heavy atom. The molecule has 1 unspecified atom stereocenters. The van der Waals surface area contributed by atoms with E-state index in [1.165, 1.54) is 6.07 Å². The highest BCUT2D eigenvalue weighted by molar-refractivity contribution is 14.1. The average Bonchev–Trinajstić information content (AvgIpc) is 2.19. The molecule has 0 aliphatic rings. The van der Waals surface area contributed by atoms with E-state index in [9.17, 15) is 4.39 Å². The molecule has 0 heterocycles. The third kappa shape index (κ3) is 3.89. The van der Waals surface area contributed by atoms with Gasteiger partial charge in [0, 0.05) is 15.2 Å². The number of hydrogen-bond acceptors (Lipinski definition) is 1. The van der Waals surface area contributed by atoms with Crippen LogP contribution in [0.15, 0.2) is 18.2 Å². The van der Waals surface area contributed by atoms with Gasteiger partial charge in [-0.25, -0.2) is 4.39 Å². The van der Waals surface area contributed by atoms with Crippen molar-refractivity contribution < 1.29 is 4.39 Å². The third-order valence-corrected chi connectivity index (χ3v) is 3.25. The lowest BCUT2D eigenvalue weighted by Crippen LogP contribution is -2.19. The van der Waals surface area contributed by atoms with Gasteiger partial charge in [0.2, 0.25) is 0 Å². The van der Waals surface area contributed by atoms with Gasteiger partial charge in [0.1, 0.15) is 5.82 Å². The molecule has 1 aromatic rings. The van der Waals surface area contributed by atoms with E-state index >= 15 is 0 Å². The molecule has 0 radical (unpaired) electrons. The zero-order valence-electron chi connectivity index (χ0n) is 8.84. The second-order valence-electron chi connectivity index (χ2n) is 3.58. The Morgan fingerprint density at radius 3 is 2.60 bits per heavy atom. The fourth-order valence-corrected chi connectivity index (χ4v) is 1.85. The van der Waals surface area contributed by atoms with Crippen molar-refractivity contribution in [1.29, 1.82) is 0 Å². The Hall–Kier alpha value is 0.130. The SMILES string of the molecule is CCC(C)[C@@H](N)c1cc(I)ccc1F.Cl. The average molecular weight is 344 g/mol. The minimum Gasteiger partial charge on any atom is -0.324 e. The van der Waals surface area contributed by atoms with Crippen molar-refractivity contribution in [2.75, 3.05) is 0 Å². The van der Waals surface area contributed by atoms with Crippen molar-refractivity contribution >= 4 is 35.0 Å². The fourth-order valence-electron chi connectivity index (χ4n) is 1.33. The van der Waals surface area contributed by atoms with Gasteiger partial charge in [-0.2, -0.15) is 0 Å². The van der Waals surface area contributed by atoms with Crippen LogP contribution in [0.2, 0.25) is 0 Å². The lowest BCUT2D eigenvalue weighted by Gasteiger charge is -2.19. The Bertz CT molecular complexity index is 319. The summed E-state index contributed by atoms with van der Waals surface area (Å²) >= 11 is 2.17. The maximum absolute atomic E-state index is 13.4. The zero-order chi connectivity index (χ0) is 10.7. The molecule has 0 aliphatic heterocycles. The van der Waals surface area contributed by atoms with Crippen LogP contribution < -0.4 is 5.73 Å². The molecule has 1 rings (SSSR count). The van der Waals surface area contributed by atoms with Gasteiger partial charge in [0.25, 0.3) is 0 Å². The van der Waals surface area contributed by atoms with Crippen LogP contribution in [-0.2, 0) is 0 Å². The summed E-state index contributed by atoms with van der Waals surface area (Å²) in [5.74, 6) is 0.112. The first-order valence-corrected chi connectivity index (χ1v) is 5.84. The van der Waals surface area contributed by atoms with Gasteiger partial charge in [-0.1, -0.05) is 20.3 Å². The predicted octanol–water partition coefficient (Wildman–Crippen LogP) is 3.90. The van der Waals surface area contributed by atoms with Crippen molar-refractivity contribution in [3.8, 4) is 0 Å². The van der Waals surface area contributed by atoms with Gasteiger partial charge in [-0.15, -0.1) is 12.4 Å². The summed E-state index contributed by atoms with van der Waals surface area (Å²) in [6, 6.07) is 4.86. The van der Waals surface area contributed by atoms with E-state index in [0.717, 1.165) is 9.99 Å². The van der Waals surface area contributed by atoms with Crippen molar-refractivity contribution in [3.63, 3.8) is 0 Å². The maximum Gasteiger partial charge on any atom is 0.128 e. The highest BCUT2D eigenvalue weighted by atomic mass is 127. The molecule has 4 heteroatoms. The molecule has 86 valence electrons. The van der Waals surface area contributed by atoms with Crippen LogP contribution in [0.1, 0.15) is 31.9 Å². The van der Waals surface area contributed by atoms with E-state index in [0.29, 0.717) is 11.5 Å². The zero-order valence-corrected chi connectivity index (χ0v) is 11.8. The van der Waals surface area contributed by atoms with Crippen LogP contribution in [0, 0.1) is 15.3 Å². The first-order valence-electron chi connectivity index (χ1n) is 4.76. The summed E-state index contributed by atoms with van der Waals surface area (Å²) in [6.07, 6.45) is 0.964. The quantitative estimate of drug-likeness (QED) is 0.828. The number of hydrogen-bond donors (Lipinski definition) is 1. The molecule has 15 heavy (non-hydrogen) atoms. The molecule has 2 atom stereocenters. The minimum absolute atomic E-state index is 0. The standard InChI is InChI=1S/C11H15FIN.ClH/c1-3-7(2)11(14)9-6-8(13)4-5-10(9)12;/h4-7,11H,3,14H2,1-2H3;1H/t7?,11-;/m1./s1. The molecule has 1 nitrogen and oxygen atoms in total. The fraction of sp³-hybridized carbons (Fsp3) is 0.455. The molecule has 0 bridgehead atoms. The smallest absolute Gasteiger partial charge is 0.128 e. The van der Waals surface area contributed by atoms with Crippen LogP contribution in [0.4, 0.5) is 4.39 Å². The Morgan fingerprint density at radius 1 is 1.47 bits per heavy atom. The highest BCUT2D eigenvalue weighted by Gasteiger charge is 2.16. The van der Waals surface area contributed by atoms with Crippen molar-refractivity contribution in [2.45, 2.75) is 26.3 Å². The maximum atomic E-state index is 13.4. The first kappa shape index (κ1) is 15.1. The normalized spacial score (nSPS) is 14.2. The molecular weight excluding hydrogens is 327 g/mol. The van der Waals surface area contributed by atoms with Gasteiger partial charge in [0.05, 0.1) is 0 Å². The van der Waals surface area contributed by atoms with E-state index in [1.807, 2.05) is 13.0 Å². The molecule has 0 saturated heterocycles. The van der Waals surface area contributed by atoms with E-state index in [1.54, 1.807) is 6.07 Å². The molecular formula is C11H16ClFIN. The van der Waals surface area contributed by atoms with Gasteiger partial charge >= 0.3 is 0 Å². The van der Waals surface area contributed by atoms with Crippen LogP contribution >= 0.6 is 35.0 Å². The van der Waals surface area contributed by atoms with Crippen LogP contribution in [0.25, 0.3) is 0 Å². The van der Waals surface area contributed by atoms with Gasteiger partial charge < -0.3 is 5.73 Å². The monoisotopic (exact) mass is 343 g/mol. The Kier molecular flexibility index (Phi) is 6.71. The van der Waals surface area contributed by atoms with Crippen LogP contribution in [0.3, 0.4) is 0 Å². The van der Waals surface area contributed by atoms with Crippen molar-refractivity contribution in [1.82, 2.24) is 0 Å². The van der Waals surface area contributed by atoms with Crippen LogP contribution in [-0.4, -0.2) is 0 Å². The number of halogens is 3. The summed E-state index contributed by atoms with van der Waals surface area (Å²) in [5.41, 5.74) is 6.61. The minimum atomic E-state index is -0.199. The topological polar surface area (TPSA) is 26.0 Å². The molecule has 0 saturated carbocycles. The van der Waals surface area contributed by atoms with E-state index < -0.39 is 0 Å². The molecule has 0 fully saturated rings. The van der Waals surface area contributed by atoms with Gasteiger partial charge in [-0.05, 0) is 46.7 Å². The summed E-state index contributed by atoms with van der Waals surface area (Å²) in [7, 11) is 0. The van der Waals surface area contributed by atoms with Crippen molar-refractivity contribution in [3.05, 3.63) is 33.1 Å². The van der Waals surface area contributed by atoms with E-state index in [2.05, 4.69) is 29.5 Å². The Balaban J connectivity index is 0.00000196. The summed E-state index contributed by atoms with van der Waals surface area (Å²) in [5, 5.41) is 0. The highest BCUT2D eigenvalue weighted by Crippen LogP contribution is 2.25. The first-order chi connectivity index (χ1) is 6.56.